The first kappa shape index (κ1) is 20.3. The number of hydrogen-bond donors (Lipinski definition) is 0. The monoisotopic (exact) mass is 395 g/mol. The molecule has 29 heavy (non-hydrogen) atoms. The van der Waals surface area contributed by atoms with Crippen molar-refractivity contribution in [2.45, 2.75) is 19.4 Å². The van der Waals surface area contributed by atoms with Gasteiger partial charge in [0.2, 0.25) is 11.7 Å². The number of ether oxygens (including phenoxy) is 2. The fourth-order valence-electron chi connectivity index (χ4n) is 3.17. The Labute approximate surface area is 168 Å². The van der Waals surface area contributed by atoms with Gasteiger partial charge in [0.15, 0.2) is 6.10 Å². The third kappa shape index (κ3) is 4.51. The zero-order chi connectivity index (χ0) is 21.0. The Morgan fingerprint density at radius 2 is 1.66 bits per heavy atom. The second-order valence-electron chi connectivity index (χ2n) is 6.75. The number of rotatable bonds is 6. The van der Waals surface area contributed by atoms with Crippen LogP contribution in [0.1, 0.15) is 34.1 Å². The maximum atomic E-state index is 12.5. The van der Waals surface area contributed by atoms with Gasteiger partial charge in [-0.05, 0) is 31.2 Å². The molecule has 0 unspecified atom stereocenters. The van der Waals surface area contributed by atoms with E-state index in [0.29, 0.717) is 16.8 Å². The number of anilines is 1. The zero-order valence-corrected chi connectivity index (χ0v) is 16.2. The molecule has 1 amide bonds. The number of amides is 1. The minimum absolute atomic E-state index is 0.00380. The highest BCUT2D eigenvalue weighted by atomic mass is 16.5. The lowest BCUT2D eigenvalue weighted by molar-refractivity contribution is -0.151. The third-order valence-corrected chi connectivity index (χ3v) is 4.78. The molecule has 3 rings (SSSR count). The van der Waals surface area contributed by atoms with E-state index < -0.39 is 24.0 Å². The average molecular weight is 395 g/mol. The van der Waals surface area contributed by atoms with Gasteiger partial charge in [0, 0.05) is 24.2 Å². The summed E-state index contributed by atoms with van der Waals surface area (Å²) in [7, 11) is 1.29. The van der Waals surface area contributed by atoms with Gasteiger partial charge in [-0.1, -0.05) is 30.3 Å². The molecular formula is C22H21NO6. The fraction of sp³-hybridized carbons (Fsp3) is 0.273. The SMILES string of the molecule is COC(=O)c1ccc(N2C[C@@H](C(=O)O[C@@H](C)C(=O)c3ccccc3)CC2=O)cc1. The van der Waals surface area contributed by atoms with E-state index in [-0.39, 0.29) is 24.7 Å². The van der Waals surface area contributed by atoms with Crippen molar-refractivity contribution < 1.29 is 28.7 Å². The molecule has 7 heteroatoms. The quantitative estimate of drug-likeness (QED) is 0.552. The molecule has 0 N–H and O–H groups in total. The summed E-state index contributed by atoms with van der Waals surface area (Å²) in [6.07, 6.45) is -0.933. The van der Waals surface area contributed by atoms with E-state index in [1.165, 1.54) is 18.9 Å². The molecule has 0 aliphatic carbocycles. The number of nitrogens with zero attached hydrogens (tertiary/aromatic N) is 1. The molecule has 1 fully saturated rings. The van der Waals surface area contributed by atoms with Crippen LogP contribution < -0.4 is 4.90 Å². The summed E-state index contributed by atoms with van der Waals surface area (Å²) in [6.45, 7) is 1.68. The minimum Gasteiger partial charge on any atom is -0.465 e. The molecule has 7 nitrogen and oxygen atoms in total. The van der Waals surface area contributed by atoms with E-state index in [4.69, 9.17) is 4.74 Å². The summed E-state index contributed by atoms with van der Waals surface area (Å²) in [5.41, 5.74) is 1.40. The van der Waals surface area contributed by atoms with Gasteiger partial charge in [0.05, 0.1) is 18.6 Å². The number of carbonyl (C=O) groups is 4. The summed E-state index contributed by atoms with van der Waals surface area (Å²) >= 11 is 0. The largest absolute Gasteiger partial charge is 0.465 e. The Morgan fingerprint density at radius 3 is 2.28 bits per heavy atom. The number of carbonyl (C=O) groups excluding carboxylic acids is 4. The molecule has 2 atom stereocenters. The zero-order valence-electron chi connectivity index (χ0n) is 16.2. The van der Waals surface area contributed by atoms with Crippen LogP contribution in [-0.2, 0) is 19.1 Å². The second-order valence-corrected chi connectivity index (χ2v) is 6.75. The number of benzene rings is 2. The van der Waals surface area contributed by atoms with Crippen molar-refractivity contribution in [2.24, 2.45) is 5.92 Å². The van der Waals surface area contributed by atoms with Crippen LogP contribution in [0, 0.1) is 5.92 Å². The van der Waals surface area contributed by atoms with Crippen molar-refractivity contribution in [3.05, 3.63) is 65.7 Å². The van der Waals surface area contributed by atoms with E-state index in [1.807, 2.05) is 0 Å². The number of esters is 2. The first-order valence-corrected chi connectivity index (χ1v) is 9.19. The van der Waals surface area contributed by atoms with E-state index in [1.54, 1.807) is 54.6 Å². The van der Waals surface area contributed by atoms with Crippen LogP contribution in [0.5, 0.6) is 0 Å². The van der Waals surface area contributed by atoms with E-state index in [0.717, 1.165) is 0 Å². The maximum Gasteiger partial charge on any atom is 0.337 e. The molecule has 0 spiro atoms. The first-order chi connectivity index (χ1) is 13.9. The highest BCUT2D eigenvalue weighted by molar-refractivity contribution is 6.02. The molecule has 1 saturated heterocycles. The third-order valence-electron chi connectivity index (χ3n) is 4.78. The van der Waals surface area contributed by atoms with Gasteiger partial charge >= 0.3 is 11.9 Å². The predicted octanol–water partition coefficient (Wildman–Crippen LogP) is 2.64. The predicted molar refractivity (Wildman–Crippen MR) is 105 cm³/mol. The minimum atomic E-state index is -0.937. The highest BCUT2D eigenvalue weighted by Gasteiger charge is 2.37. The standard InChI is InChI=1S/C22H21NO6/c1-14(20(25)15-6-4-3-5-7-15)29-22(27)17-12-19(24)23(13-17)18-10-8-16(9-11-18)21(26)28-2/h3-11,14,17H,12-13H2,1-2H3/t14-,17-/m0/s1. The summed E-state index contributed by atoms with van der Waals surface area (Å²) in [4.78, 5) is 50.2. The van der Waals surface area contributed by atoms with Crippen molar-refractivity contribution in [1.29, 1.82) is 0 Å². The second kappa shape index (κ2) is 8.68. The van der Waals surface area contributed by atoms with Crippen LogP contribution in [0.3, 0.4) is 0 Å². The number of Topliss-reactive ketones (excluding diaryl/α,β-unsaturated/α-hetero) is 1. The Balaban J connectivity index is 1.62. The first-order valence-electron chi connectivity index (χ1n) is 9.19. The van der Waals surface area contributed by atoms with Gasteiger partial charge in [-0.25, -0.2) is 4.79 Å². The molecule has 0 radical (unpaired) electrons. The molecule has 0 aromatic heterocycles. The van der Waals surface area contributed by atoms with Gasteiger partial charge in [0.1, 0.15) is 0 Å². The van der Waals surface area contributed by atoms with E-state index in [9.17, 15) is 19.2 Å². The lowest BCUT2D eigenvalue weighted by Crippen LogP contribution is -2.30. The van der Waals surface area contributed by atoms with Gasteiger partial charge in [-0.15, -0.1) is 0 Å². The van der Waals surface area contributed by atoms with Gasteiger partial charge in [0.25, 0.3) is 0 Å². The molecule has 2 aromatic rings. The summed E-state index contributed by atoms with van der Waals surface area (Å²) in [5, 5.41) is 0. The smallest absolute Gasteiger partial charge is 0.337 e. The van der Waals surface area contributed by atoms with Gasteiger partial charge < -0.3 is 14.4 Å². The molecule has 1 aliphatic rings. The van der Waals surface area contributed by atoms with Crippen LogP contribution in [-0.4, -0.2) is 43.4 Å². The average Bonchev–Trinajstić information content (AvgIpc) is 3.15. The van der Waals surface area contributed by atoms with Crippen LogP contribution in [0.4, 0.5) is 5.69 Å². The Morgan fingerprint density at radius 1 is 1.00 bits per heavy atom. The topological polar surface area (TPSA) is 90.0 Å². The lowest BCUT2D eigenvalue weighted by atomic mass is 10.1. The fourth-order valence-corrected chi connectivity index (χ4v) is 3.17. The normalized spacial score (nSPS) is 17.0. The van der Waals surface area contributed by atoms with Gasteiger partial charge in [-0.2, -0.15) is 0 Å². The molecule has 0 saturated carbocycles. The lowest BCUT2D eigenvalue weighted by Gasteiger charge is -2.18. The molecule has 1 heterocycles. The van der Waals surface area contributed by atoms with Crippen molar-refractivity contribution in [1.82, 2.24) is 0 Å². The molecule has 1 aliphatic heterocycles. The highest BCUT2D eigenvalue weighted by Crippen LogP contribution is 2.26. The van der Waals surface area contributed by atoms with Crippen molar-refractivity contribution >= 4 is 29.3 Å². The molecule has 150 valence electrons. The van der Waals surface area contributed by atoms with Crippen LogP contribution in [0.25, 0.3) is 0 Å². The van der Waals surface area contributed by atoms with E-state index in [2.05, 4.69) is 4.74 Å². The summed E-state index contributed by atoms with van der Waals surface area (Å²) < 4.78 is 9.97. The molecule has 2 aromatic carbocycles. The van der Waals surface area contributed by atoms with Crippen LogP contribution in [0.2, 0.25) is 0 Å². The maximum absolute atomic E-state index is 12.5. The summed E-state index contributed by atoms with van der Waals surface area (Å²) in [6, 6.07) is 14.9. The van der Waals surface area contributed by atoms with Crippen LogP contribution >= 0.6 is 0 Å². The number of ketones is 1. The summed E-state index contributed by atoms with van der Waals surface area (Å²) in [5.74, 6) is -2.22. The van der Waals surface area contributed by atoms with E-state index >= 15 is 0 Å². The Hall–Kier alpha value is -3.48. The van der Waals surface area contributed by atoms with Gasteiger partial charge in [-0.3, -0.25) is 14.4 Å². The molecule has 0 bridgehead atoms. The number of hydrogen-bond acceptors (Lipinski definition) is 6. The van der Waals surface area contributed by atoms with Crippen LogP contribution in [0.15, 0.2) is 54.6 Å². The number of methoxy groups -OCH3 is 1. The van der Waals surface area contributed by atoms with Crippen molar-refractivity contribution in [3.63, 3.8) is 0 Å². The Bertz CT molecular complexity index is 922. The van der Waals surface area contributed by atoms with Crippen molar-refractivity contribution in [2.75, 3.05) is 18.6 Å². The van der Waals surface area contributed by atoms with Crippen molar-refractivity contribution in [3.8, 4) is 0 Å². The molecular weight excluding hydrogens is 374 g/mol. The Kier molecular flexibility index (Phi) is 6.07.